The number of halogens is 2. The van der Waals surface area contributed by atoms with Gasteiger partial charge in [-0.3, -0.25) is 4.79 Å². The Bertz CT molecular complexity index is 671. The summed E-state index contributed by atoms with van der Waals surface area (Å²) < 4.78 is 22.6. The first-order chi connectivity index (χ1) is 9.85. The van der Waals surface area contributed by atoms with Gasteiger partial charge in [-0.25, -0.2) is 8.42 Å². The number of benzene rings is 1. The smallest absolute Gasteiger partial charge is 0.244 e. The van der Waals surface area contributed by atoms with E-state index in [4.69, 9.17) is 23.2 Å². The fourth-order valence-electron chi connectivity index (χ4n) is 2.12. The van der Waals surface area contributed by atoms with Crippen molar-refractivity contribution in [1.29, 1.82) is 0 Å². The van der Waals surface area contributed by atoms with Gasteiger partial charge in [0.2, 0.25) is 5.91 Å². The second-order valence-electron chi connectivity index (χ2n) is 5.02. The van der Waals surface area contributed by atoms with E-state index in [9.17, 15) is 13.2 Å². The highest BCUT2D eigenvalue weighted by molar-refractivity contribution is 7.91. The molecule has 1 aliphatic heterocycles. The summed E-state index contributed by atoms with van der Waals surface area (Å²) in [6, 6.07) is 5.07. The lowest BCUT2D eigenvalue weighted by Gasteiger charge is -2.07. The molecule has 4 nitrogen and oxygen atoms in total. The predicted octanol–water partition coefficient (Wildman–Crippen LogP) is 2.56. The molecule has 1 N–H and O–H groups in total. The van der Waals surface area contributed by atoms with Crippen LogP contribution in [0.3, 0.4) is 0 Å². The second-order valence-corrected chi connectivity index (χ2v) is 8.06. The molecule has 114 valence electrons. The quantitative estimate of drug-likeness (QED) is 0.851. The van der Waals surface area contributed by atoms with Crippen LogP contribution in [0.2, 0.25) is 10.0 Å². The Morgan fingerprint density at radius 2 is 2.10 bits per heavy atom. The molecule has 1 heterocycles. The van der Waals surface area contributed by atoms with Gasteiger partial charge in [0.15, 0.2) is 9.84 Å². The number of sulfone groups is 1. The molecule has 7 heteroatoms. The topological polar surface area (TPSA) is 63.2 Å². The fourth-order valence-corrected chi connectivity index (χ4v) is 4.29. The molecule has 0 saturated carbocycles. The molecular formula is C14H15Cl2NO3S. The highest BCUT2D eigenvalue weighted by Gasteiger charge is 2.27. The van der Waals surface area contributed by atoms with E-state index in [1.54, 1.807) is 24.3 Å². The third kappa shape index (κ3) is 5.02. The first-order valence-electron chi connectivity index (χ1n) is 6.47. The van der Waals surface area contributed by atoms with E-state index in [2.05, 4.69) is 5.32 Å². The molecule has 1 aromatic carbocycles. The highest BCUT2D eigenvalue weighted by Crippen LogP contribution is 2.23. The first kappa shape index (κ1) is 16.3. The van der Waals surface area contributed by atoms with Crippen LogP contribution in [-0.2, 0) is 14.6 Å². The molecule has 1 unspecified atom stereocenters. The van der Waals surface area contributed by atoms with Gasteiger partial charge in [0, 0.05) is 12.6 Å². The van der Waals surface area contributed by atoms with Gasteiger partial charge in [-0.2, -0.15) is 0 Å². The van der Waals surface area contributed by atoms with Crippen molar-refractivity contribution in [3.63, 3.8) is 0 Å². The van der Waals surface area contributed by atoms with Crippen LogP contribution in [0, 0.1) is 5.92 Å². The lowest BCUT2D eigenvalue weighted by Crippen LogP contribution is -2.28. The summed E-state index contributed by atoms with van der Waals surface area (Å²) in [5.41, 5.74) is 0.767. The molecule has 21 heavy (non-hydrogen) atoms. The van der Waals surface area contributed by atoms with E-state index in [1.165, 1.54) is 6.08 Å². The van der Waals surface area contributed by atoms with E-state index >= 15 is 0 Å². The molecule has 0 aromatic heterocycles. The molecular weight excluding hydrogens is 333 g/mol. The van der Waals surface area contributed by atoms with E-state index in [-0.39, 0.29) is 23.3 Å². The minimum absolute atomic E-state index is 0.0114. The molecule has 2 rings (SSSR count). The van der Waals surface area contributed by atoms with E-state index in [1.807, 2.05) is 0 Å². The maximum absolute atomic E-state index is 11.7. The average Bonchev–Trinajstić information content (AvgIpc) is 2.77. The summed E-state index contributed by atoms with van der Waals surface area (Å²) in [6.45, 7) is 0.379. The Morgan fingerprint density at radius 1 is 1.33 bits per heavy atom. The highest BCUT2D eigenvalue weighted by atomic mass is 35.5. The molecule has 1 atom stereocenters. The van der Waals surface area contributed by atoms with Crippen molar-refractivity contribution in [2.75, 3.05) is 18.1 Å². The fraction of sp³-hybridized carbons (Fsp3) is 0.357. The Hall–Kier alpha value is -1.04. The van der Waals surface area contributed by atoms with Crippen LogP contribution in [0.15, 0.2) is 24.3 Å². The van der Waals surface area contributed by atoms with Gasteiger partial charge in [-0.05, 0) is 36.1 Å². The summed E-state index contributed by atoms with van der Waals surface area (Å²) in [6.07, 6.45) is 3.63. The normalized spacial score (nSPS) is 20.8. The molecule has 0 radical (unpaired) electrons. The van der Waals surface area contributed by atoms with Crippen molar-refractivity contribution in [1.82, 2.24) is 5.32 Å². The molecule has 0 bridgehead atoms. The van der Waals surface area contributed by atoms with Crippen LogP contribution in [-0.4, -0.2) is 32.4 Å². The van der Waals surface area contributed by atoms with Crippen molar-refractivity contribution in [2.24, 2.45) is 5.92 Å². The van der Waals surface area contributed by atoms with Gasteiger partial charge < -0.3 is 5.32 Å². The lowest BCUT2D eigenvalue weighted by atomic mass is 10.1. The second kappa shape index (κ2) is 6.81. The van der Waals surface area contributed by atoms with E-state index in [0.29, 0.717) is 23.0 Å². The summed E-state index contributed by atoms with van der Waals surface area (Å²) in [5, 5.41) is 3.59. The third-order valence-corrected chi connectivity index (χ3v) is 5.84. The zero-order chi connectivity index (χ0) is 15.5. The first-order valence-corrected chi connectivity index (χ1v) is 9.05. The van der Waals surface area contributed by atoms with Crippen LogP contribution in [0.25, 0.3) is 6.08 Å². The largest absolute Gasteiger partial charge is 0.352 e. The molecule has 1 aromatic rings. The maximum Gasteiger partial charge on any atom is 0.244 e. The van der Waals surface area contributed by atoms with Crippen LogP contribution in [0.5, 0.6) is 0 Å². The minimum atomic E-state index is -2.90. The standard InChI is InChI=1S/C14H15Cl2NO3S/c15-12-3-1-10(7-13(12)16)2-4-14(18)17-8-11-5-6-21(19,20)9-11/h1-4,7,11H,5-6,8-9H2,(H,17,18)/b4-2+. The number of hydrogen-bond acceptors (Lipinski definition) is 3. The molecule has 1 saturated heterocycles. The van der Waals surface area contributed by atoms with Crippen molar-refractivity contribution in [3.8, 4) is 0 Å². The zero-order valence-electron chi connectivity index (χ0n) is 11.2. The summed E-state index contributed by atoms with van der Waals surface area (Å²) in [5.74, 6) is 0.124. The van der Waals surface area contributed by atoms with Crippen molar-refractivity contribution in [3.05, 3.63) is 39.9 Å². The van der Waals surface area contributed by atoms with Crippen molar-refractivity contribution < 1.29 is 13.2 Å². The van der Waals surface area contributed by atoms with E-state index in [0.717, 1.165) is 5.56 Å². The summed E-state index contributed by atoms with van der Waals surface area (Å²) >= 11 is 11.7. The van der Waals surface area contributed by atoms with Gasteiger partial charge in [0.05, 0.1) is 21.6 Å². The molecule has 1 fully saturated rings. The Morgan fingerprint density at radius 3 is 2.71 bits per heavy atom. The van der Waals surface area contributed by atoms with Crippen LogP contribution in [0.1, 0.15) is 12.0 Å². The Balaban J connectivity index is 1.84. The number of carbonyl (C=O) groups excluding carboxylic acids is 1. The number of carbonyl (C=O) groups is 1. The monoisotopic (exact) mass is 347 g/mol. The van der Waals surface area contributed by atoms with Gasteiger partial charge in [-0.1, -0.05) is 29.3 Å². The van der Waals surface area contributed by atoms with Crippen LogP contribution in [0.4, 0.5) is 0 Å². The molecule has 0 aliphatic carbocycles. The van der Waals surface area contributed by atoms with Gasteiger partial charge in [0.25, 0.3) is 0 Å². The number of hydrogen-bond donors (Lipinski definition) is 1. The zero-order valence-corrected chi connectivity index (χ0v) is 13.5. The Kier molecular flexibility index (Phi) is 5.30. The van der Waals surface area contributed by atoms with Crippen LogP contribution < -0.4 is 5.32 Å². The molecule has 1 aliphatic rings. The summed E-state index contributed by atoms with van der Waals surface area (Å²) in [7, 11) is -2.90. The van der Waals surface area contributed by atoms with Crippen molar-refractivity contribution in [2.45, 2.75) is 6.42 Å². The van der Waals surface area contributed by atoms with E-state index < -0.39 is 9.84 Å². The lowest BCUT2D eigenvalue weighted by molar-refractivity contribution is -0.116. The van der Waals surface area contributed by atoms with Crippen molar-refractivity contribution >= 4 is 45.0 Å². The Labute approximate surface area is 134 Å². The minimum Gasteiger partial charge on any atom is -0.352 e. The van der Waals surface area contributed by atoms with Gasteiger partial charge in [0.1, 0.15) is 0 Å². The molecule has 1 amide bonds. The maximum atomic E-state index is 11.7. The SMILES string of the molecule is O=C(/C=C/c1ccc(Cl)c(Cl)c1)NCC1CCS(=O)(=O)C1. The van der Waals surface area contributed by atoms with Gasteiger partial charge >= 0.3 is 0 Å². The summed E-state index contributed by atoms with van der Waals surface area (Å²) in [4.78, 5) is 11.7. The average molecular weight is 348 g/mol. The predicted molar refractivity (Wildman–Crippen MR) is 85.3 cm³/mol. The number of amides is 1. The number of rotatable bonds is 4. The van der Waals surface area contributed by atoms with Gasteiger partial charge in [-0.15, -0.1) is 0 Å². The third-order valence-electron chi connectivity index (χ3n) is 3.26. The number of nitrogens with one attached hydrogen (secondary N) is 1. The molecule has 0 spiro atoms. The van der Waals surface area contributed by atoms with Crippen LogP contribution >= 0.6 is 23.2 Å².